The highest BCUT2D eigenvalue weighted by molar-refractivity contribution is 5.83. The molecule has 90 valence electrons. The van der Waals surface area contributed by atoms with Gasteiger partial charge in [-0.15, -0.1) is 0 Å². The van der Waals surface area contributed by atoms with Crippen molar-refractivity contribution in [2.45, 2.75) is 13.1 Å². The van der Waals surface area contributed by atoms with Gasteiger partial charge in [-0.3, -0.25) is 4.79 Å². The molecule has 1 aromatic heterocycles. The first kappa shape index (κ1) is 11.7. The molecule has 4 nitrogen and oxygen atoms in total. The molecule has 0 aliphatic rings. The third kappa shape index (κ3) is 2.31. The van der Waals surface area contributed by atoms with E-state index in [0.717, 1.165) is 16.5 Å². The Balaban J connectivity index is 2.33. The first-order valence-corrected chi connectivity index (χ1v) is 5.60. The van der Waals surface area contributed by atoms with Gasteiger partial charge < -0.3 is 15.2 Å². The molecule has 2 N–H and O–H groups in total. The van der Waals surface area contributed by atoms with Crippen LogP contribution in [0.5, 0.6) is 0 Å². The zero-order valence-corrected chi connectivity index (χ0v) is 10.2. The molecule has 0 bridgehead atoms. The standard InChI is InChI=1S/C13H17N3O/c1-15(2)13(17)9-16-6-5-11-7-10(8-14)3-4-12(11)16/h3-7H,8-9,14H2,1-2H3. The molecule has 1 amide bonds. The minimum absolute atomic E-state index is 0.0883. The molecule has 0 spiro atoms. The van der Waals surface area contributed by atoms with E-state index < -0.39 is 0 Å². The summed E-state index contributed by atoms with van der Waals surface area (Å²) >= 11 is 0. The Kier molecular flexibility index (Phi) is 3.15. The number of amides is 1. The Morgan fingerprint density at radius 3 is 2.76 bits per heavy atom. The summed E-state index contributed by atoms with van der Waals surface area (Å²) < 4.78 is 1.96. The molecule has 0 atom stereocenters. The maximum absolute atomic E-state index is 11.7. The second-order valence-electron chi connectivity index (χ2n) is 4.33. The average molecular weight is 231 g/mol. The lowest BCUT2D eigenvalue weighted by Crippen LogP contribution is -2.25. The molecule has 0 saturated carbocycles. The average Bonchev–Trinajstić information content (AvgIpc) is 2.71. The van der Waals surface area contributed by atoms with Gasteiger partial charge in [0.05, 0.1) is 0 Å². The zero-order valence-electron chi connectivity index (χ0n) is 10.2. The first-order valence-electron chi connectivity index (χ1n) is 5.60. The van der Waals surface area contributed by atoms with Crippen LogP contribution in [0.3, 0.4) is 0 Å². The number of hydrogen-bond donors (Lipinski definition) is 1. The number of rotatable bonds is 3. The topological polar surface area (TPSA) is 51.3 Å². The van der Waals surface area contributed by atoms with Gasteiger partial charge in [-0.2, -0.15) is 0 Å². The van der Waals surface area contributed by atoms with E-state index in [4.69, 9.17) is 5.73 Å². The van der Waals surface area contributed by atoms with Gasteiger partial charge in [0, 0.05) is 32.4 Å². The molecule has 2 aromatic rings. The third-order valence-corrected chi connectivity index (χ3v) is 2.88. The van der Waals surface area contributed by atoms with Crippen LogP contribution in [0, 0.1) is 0 Å². The molecule has 4 heteroatoms. The first-order chi connectivity index (χ1) is 8.11. The molecule has 2 rings (SSSR count). The number of carbonyl (C=O) groups is 1. The fourth-order valence-corrected chi connectivity index (χ4v) is 1.80. The predicted molar refractivity (Wildman–Crippen MR) is 68.5 cm³/mol. The van der Waals surface area contributed by atoms with Crippen LogP contribution in [0.2, 0.25) is 0 Å². The Morgan fingerprint density at radius 2 is 2.12 bits per heavy atom. The summed E-state index contributed by atoms with van der Waals surface area (Å²) in [5, 5.41) is 1.12. The summed E-state index contributed by atoms with van der Waals surface area (Å²) in [4.78, 5) is 13.3. The SMILES string of the molecule is CN(C)C(=O)Cn1ccc2cc(CN)ccc21. The van der Waals surface area contributed by atoms with Gasteiger partial charge in [0.25, 0.3) is 0 Å². The summed E-state index contributed by atoms with van der Waals surface area (Å²) in [6.07, 6.45) is 1.94. The number of hydrogen-bond acceptors (Lipinski definition) is 2. The number of nitrogens with two attached hydrogens (primary N) is 1. The minimum atomic E-state index is 0.0883. The molecule has 1 heterocycles. The highest BCUT2D eigenvalue weighted by Gasteiger charge is 2.07. The van der Waals surface area contributed by atoms with Crippen LogP contribution < -0.4 is 5.73 Å². The summed E-state index contributed by atoms with van der Waals surface area (Å²) in [6, 6.07) is 8.09. The number of benzene rings is 1. The largest absolute Gasteiger partial charge is 0.347 e. The molecule has 0 aliphatic heterocycles. The van der Waals surface area contributed by atoms with Gasteiger partial charge >= 0.3 is 0 Å². The van der Waals surface area contributed by atoms with Gasteiger partial charge in [0.15, 0.2) is 0 Å². The molecule has 0 fully saturated rings. The molecule has 0 unspecified atom stereocenters. The number of fused-ring (bicyclic) bond motifs is 1. The van der Waals surface area contributed by atoms with E-state index in [9.17, 15) is 4.79 Å². The van der Waals surface area contributed by atoms with E-state index in [1.54, 1.807) is 19.0 Å². The van der Waals surface area contributed by atoms with Crippen LogP contribution in [-0.2, 0) is 17.9 Å². The number of aromatic nitrogens is 1. The minimum Gasteiger partial charge on any atom is -0.347 e. The van der Waals surface area contributed by atoms with Crippen LogP contribution in [0.15, 0.2) is 30.5 Å². The van der Waals surface area contributed by atoms with E-state index in [0.29, 0.717) is 13.1 Å². The quantitative estimate of drug-likeness (QED) is 0.862. The maximum Gasteiger partial charge on any atom is 0.241 e. The molecule has 0 radical (unpaired) electrons. The summed E-state index contributed by atoms with van der Waals surface area (Å²) in [6.45, 7) is 0.913. The molecule has 1 aromatic carbocycles. The van der Waals surface area contributed by atoms with Gasteiger partial charge in [-0.05, 0) is 29.1 Å². The van der Waals surface area contributed by atoms with Crippen molar-refractivity contribution in [3.8, 4) is 0 Å². The fraction of sp³-hybridized carbons (Fsp3) is 0.308. The lowest BCUT2D eigenvalue weighted by molar-refractivity contribution is -0.129. The molecular formula is C13H17N3O. The van der Waals surface area contributed by atoms with Crippen LogP contribution in [0.25, 0.3) is 10.9 Å². The summed E-state index contributed by atoms with van der Waals surface area (Å²) in [5.74, 6) is 0.0883. The van der Waals surface area contributed by atoms with Crippen molar-refractivity contribution < 1.29 is 4.79 Å². The van der Waals surface area contributed by atoms with E-state index in [1.165, 1.54) is 0 Å². The normalized spacial score (nSPS) is 10.8. The van der Waals surface area contributed by atoms with Gasteiger partial charge in [-0.1, -0.05) is 6.07 Å². The van der Waals surface area contributed by atoms with Crippen molar-refractivity contribution in [3.05, 3.63) is 36.0 Å². The van der Waals surface area contributed by atoms with E-state index >= 15 is 0 Å². The molecule has 17 heavy (non-hydrogen) atoms. The van der Waals surface area contributed by atoms with Gasteiger partial charge in [0.1, 0.15) is 6.54 Å². The maximum atomic E-state index is 11.7. The predicted octanol–water partition coefficient (Wildman–Crippen LogP) is 1.19. The van der Waals surface area contributed by atoms with Crippen molar-refractivity contribution in [3.63, 3.8) is 0 Å². The van der Waals surface area contributed by atoms with E-state index in [2.05, 4.69) is 6.07 Å². The number of carbonyl (C=O) groups excluding carboxylic acids is 1. The second kappa shape index (κ2) is 4.59. The van der Waals surface area contributed by atoms with Crippen molar-refractivity contribution in [1.29, 1.82) is 0 Å². The van der Waals surface area contributed by atoms with Crippen molar-refractivity contribution in [1.82, 2.24) is 9.47 Å². The molecule has 0 aliphatic carbocycles. The van der Waals surface area contributed by atoms with E-state index in [1.807, 2.05) is 29.0 Å². The number of likely N-dealkylation sites (N-methyl/N-ethyl adjacent to an activating group) is 1. The van der Waals surface area contributed by atoms with Crippen LogP contribution in [0.4, 0.5) is 0 Å². The van der Waals surface area contributed by atoms with Gasteiger partial charge in [-0.25, -0.2) is 0 Å². The lowest BCUT2D eigenvalue weighted by atomic mass is 10.1. The molecule has 0 saturated heterocycles. The van der Waals surface area contributed by atoms with Crippen molar-refractivity contribution in [2.75, 3.05) is 14.1 Å². The number of nitrogens with zero attached hydrogens (tertiary/aromatic N) is 2. The Bertz CT molecular complexity index is 543. The Labute approximate surface area is 101 Å². The fourth-order valence-electron chi connectivity index (χ4n) is 1.80. The summed E-state index contributed by atoms with van der Waals surface area (Å²) in [7, 11) is 3.53. The second-order valence-corrected chi connectivity index (χ2v) is 4.33. The Hall–Kier alpha value is -1.81. The lowest BCUT2D eigenvalue weighted by Gasteiger charge is -2.11. The van der Waals surface area contributed by atoms with Crippen molar-refractivity contribution in [2.24, 2.45) is 5.73 Å². The van der Waals surface area contributed by atoms with Crippen molar-refractivity contribution >= 4 is 16.8 Å². The third-order valence-electron chi connectivity index (χ3n) is 2.88. The highest BCUT2D eigenvalue weighted by atomic mass is 16.2. The van der Waals surface area contributed by atoms with E-state index in [-0.39, 0.29) is 5.91 Å². The summed E-state index contributed by atoms with van der Waals surface area (Å²) in [5.41, 5.74) is 7.77. The molecular weight excluding hydrogens is 214 g/mol. The monoisotopic (exact) mass is 231 g/mol. The Morgan fingerprint density at radius 1 is 1.35 bits per heavy atom. The smallest absolute Gasteiger partial charge is 0.241 e. The van der Waals surface area contributed by atoms with Crippen LogP contribution >= 0.6 is 0 Å². The highest BCUT2D eigenvalue weighted by Crippen LogP contribution is 2.17. The zero-order chi connectivity index (χ0) is 12.4. The van der Waals surface area contributed by atoms with Crippen LogP contribution in [-0.4, -0.2) is 29.5 Å². The van der Waals surface area contributed by atoms with Gasteiger partial charge in [0.2, 0.25) is 5.91 Å². The van der Waals surface area contributed by atoms with Crippen LogP contribution in [0.1, 0.15) is 5.56 Å².